The van der Waals surface area contributed by atoms with Gasteiger partial charge in [0.25, 0.3) is 0 Å². The van der Waals surface area contributed by atoms with Gasteiger partial charge < -0.3 is 14.6 Å². The van der Waals surface area contributed by atoms with E-state index in [4.69, 9.17) is 9.47 Å². The molecule has 0 heterocycles. The minimum Gasteiger partial charge on any atom is -0.460 e. The fourth-order valence-corrected chi connectivity index (χ4v) is 2.03. The van der Waals surface area contributed by atoms with Crippen LogP contribution in [0.4, 0.5) is 0 Å². The predicted octanol–water partition coefficient (Wildman–Crippen LogP) is 3.67. The second kappa shape index (κ2) is 14.0. The summed E-state index contributed by atoms with van der Waals surface area (Å²) in [5.74, 6) is -1.43. The number of aliphatic hydroxyl groups excluding tert-OH is 1. The molecule has 0 rings (SSSR count). The van der Waals surface area contributed by atoms with Crippen LogP contribution in [0.2, 0.25) is 0 Å². The highest BCUT2D eigenvalue weighted by Gasteiger charge is 2.21. The monoisotopic (exact) mass is 326 g/mol. The highest BCUT2D eigenvalue weighted by molar-refractivity contribution is 5.92. The normalized spacial score (nSPS) is 11.6. The Morgan fingerprint density at radius 3 is 2.30 bits per heavy atom. The Kier molecular flexibility index (Phi) is 13.0. The molecule has 0 atom stereocenters. The largest absolute Gasteiger partial charge is 0.460 e. The Balaban J connectivity index is 5.09. The molecule has 0 aromatic carbocycles. The molecule has 0 radical (unpaired) electrons. The number of hydrogen-bond acceptors (Lipinski definition) is 5. The van der Waals surface area contributed by atoms with Crippen molar-refractivity contribution in [3.63, 3.8) is 0 Å². The summed E-state index contributed by atoms with van der Waals surface area (Å²) in [6, 6.07) is 0. The first kappa shape index (κ1) is 21.4. The van der Waals surface area contributed by atoms with E-state index in [0.717, 1.165) is 44.6 Å². The smallest absolute Gasteiger partial charge is 0.374 e. The van der Waals surface area contributed by atoms with Gasteiger partial charge in [0.15, 0.2) is 0 Å². The van der Waals surface area contributed by atoms with Crippen LogP contribution >= 0.6 is 0 Å². The van der Waals surface area contributed by atoms with Crippen molar-refractivity contribution in [3.05, 3.63) is 24.0 Å². The van der Waals surface area contributed by atoms with E-state index in [0.29, 0.717) is 12.0 Å². The van der Waals surface area contributed by atoms with Crippen LogP contribution in [0.3, 0.4) is 0 Å². The van der Waals surface area contributed by atoms with Gasteiger partial charge in [-0.3, -0.25) is 0 Å². The zero-order valence-corrected chi connectivity index (χ0v) is 14.4. The van der Waals surface area contributed by atoms with E-state index in [-0.39, 0.29) is 25.4 Å². The van der Waals surface area contributed by atoms with Crippen LogP contribution < -0.4 is 0 Å². The quantitative estimate of drug-likeness (QED) is 0.242. The van der Waals surface area contributed by atoms with Crippen LogP contribution in [-0.4, -0.2) is 30.3 Å². The number of aliphatic hydroxyl groups is 1. The van der Waals surface area contributed by atoms with Gasteiger partial charge in [0, 0.05) is 12.7 Å². The van der Waals surface area contributed by atoms with Crippen LogP contribution in [0.1, 0.15) is 65.2 Å². The van der Waals surface area contributed by atoms with Crippen LogP contribution in [-0.2, 0) is 19.1 Å². The minimum atomic E-state index is -0.698. The Morgan fingerprint density at radius 1 is 1.04 bits per heavy atom. The summed E-state index contributed by atoms with van der Waals surface area (Å²) in [5.41, 5.74) is 0.625. The number of carbonyl (C=O) groups is 2. The Bertz CT molecular complexity index is 398. The zero-order chi connectivity index (χ0) is 17.5. The van der Waals surface area contributed by atoms with Crippen LogP contribution in [0.15, 0.2) is 24.0 Å². The molecule has 0 aromatic rings. The summed E-state index contributed by atoms with van der Waals surface area (Å²) >= 11 is 0. The fraction of sp³-hybridized carbons (Fsp3) is 0.667. The zero-order valence-electron chi connectivity index (χ0n) is 14.4. The number of hydrogen-bond donors (Lipinski definition) is 1. The number of rotatable bonds is 13. The molecule has 5 heteroatoms. The molecule has 132 valence electrons. The molecule has 0 aromatic heterocycles. The molecule has 1 N–H and O–H groups in total. The van der Waals surface area contributed by atoms with E-state index < -0.39 is 11.9 Å². The molecular weight excluding hydrogens is 296 g/mol. The number of ether oxygens (including phenoxy) is 2. The van der Waals surface area contributed by atoms with Gasteiger partial charge in [-0.25, -0.2) is 9.59 Å². The Hall–Kier alpha value is -1.62. The first-order valence-corrected chi connectivity index (χ1v) is 8.44. The highest BCUT2D eigenvalue weighted by Crippen LogP contribution is 2.20. The lowest BCUT2D eigenvalue weighted by Gasteiger charge is -2.14. The van der Waals surface area contributed by atoms with Crippen LogP contribution in [0.5, 0.6) is 0 Å². The number of esters is 2. The molecule has 0 spiro atoms. The molecule has 23 heavy (non-hydrogen) atoms. The van der Waals surface area contributed by atoms with Crippen molar-refractivity contribution in [2.45, 2.75) is 65.2 Å². The molecule has 0 bridgehead atoms. The van der Waals surface area contributed by atoms with Crippen LogP contribution in [0, 0.1) is 0 Å². The van der Waals surface area contributed by atoms with Crippen molar-refractivity contribution in [2.75, 3.05) is 13.2 Å². The summed E-state index contributed by atoms with van der Waals surface area (Å²) in [5, 5.41) is 9.23. The second-order valence-corrected chi connectivity index (χ2v) is 5.33. The van der Waals surface area contributed by atoms with Gasteiger partial charge in [-0.1, -0.05) is 46.1 Å². The Morgan fingerprint density at radius 2 is 1.74 bits per heavy atom. The van der Waals surface area contributed by atoms with Crippen molar-refractivity contribution in [2.24, 2.45) is 0 Å². The van der Waals surface area contributed by atoms with E-state index in [1.807, 2.05) is 6.92 Å². The van der Waals surface area contributed by atoms with Gasteiger partial charge in [0.2, 0.25) is 5.76 Å². The fourth-order valence-electron chi connectivity index (χ4n) is 2.03. The maximum absolute atomic E-state index is 12.2. The maximum atomic E-state index is 12.2. The van der Waals surface area contributed by atoms with Crippen LogP contribution in [0.25, 0.3) is 0 Å². The molecule has 0 fully saturated rings. The maximum Gasteiger partial charge on any atom is 0.374 e. The summed E-state index contributed by atoms with van der Waals surface area (Å²) in [6.07, 6.45) is 7.66. The first-order valence-electron chi connectivity index (χ1n) is 8.44. The summed E-state index contributed by atoms with van der Waals surface area (Å²) < 4.78 is 10.3. The third-order valence-electron chi connectivity index (χ3n) is 3.35. The minimum absolute atomic E-state index is 0.0865. The molecule has 0 amide bonds. The molecule has 0 aliphatic rings. The van der Waals surface area contributed by atoms with E-state index in [1.165, 1.54) is 0 Å². The molecule has 0 aliphatic carbocycles. The highest BCUT2D eigenvalue weighted by atomic mass is 16.6. The molecule has 0 saturated carbocycles. The predicted molar refractivity (Wildman–Crippen MR) is 89.6 cm³/mol. The van der Waals surface area contributed by atoms with E-state index in [9.17, 15) is 14.7 Å². The van der Waals surface area contributed by atoms with E-state index in [1.54, 1.807) is 0 Å². The third-order valence-corrected chi connectivity index (χ3v) is 3.35. The van der Waals surface area contributed by atoms with Gasteiger partial charge in [0.1, 0.15) is 0 Å². The van der Waals surface area contributed by atoms with Crippen molar-refractivity contribution in [3.8, 4) is 0 Å². The average Bonchev–Trinajstić information content (AvgIpc) is 2.55. The first-order chi connectivity index (χ1) is 11.1. The van der Waals surface area contributed by atoms with Crippen molar-refractivity contribution in [1.29, 1.82) is 0 Å². The van der Waals surface area contributed by atoms with Crippen molar-refractivity contribution < 1.29 is 24.2 Å². The lowest BCUT2D eigenvalue weighted by Crippen LogP contribution is -2.17. The molecule has 0 saturated heterocycles. The standard InChI is InChI=1S/C18H30O5/c1-4-7-9-10-11-15(12-13-19)17(23-16(20)6-3)18(21)22-14-8-5-2/h6,19H,3-5,7-14H2,1-2H3. The SMILES string of the molecule is C=CC(=O)OC(C(=O)OCCCC)=C(CCO)CCCCCC. The van der Waals surface area contributed by atoms with E-state index >= 15 is 0 Å². The lowest BCUT2D eigenvalue weighted by atomic mass is 10.0. The molecular formula is C18H30O5. The van der Waals surface area contributed by atoms with Crippen molar-refractivity contribution in [1.82, 2.24) is 0 Å². The van der Waals surface area contributed by atoms with Gasteiger partial charge >= 0.3 is 11.9 Å². The van der Waals surface area contributed by atoms with Gasteiger partial charge in [-0.05, 0) is 31.3 Å². The third kappa shape index (κ3) is 9.89. The van der Waals surface area contributed by atoms with E-state index in [2.05, 4.69) is 13.5 Å². The number of carbonyl (C=O) groups excluding carboxylic acids is 2. The summed E-state index contributed by atoms with van der Waals surface area (Å²) in [6.45, 7) is 7.63. The molecule has 0 aliphatic heterocycles. The molecule has 5 nitrogen and oxygen atoms in total. The van der Waals surface area contributed by atoms with Gasteiger partial charge in [-0.15, -0.1) is 0 Å². The Labute approximate surface area is 139 Å². The topological polar surface area (TPSA) is 72.8 Å². The number of unbranched alkanes of at least 4 members (excludes halogenated alkanes) is 4. The lowest BCUT2D eigenvalue weighted by molar-refractivity contribution is -0.149. The van der Waals surface area contributed by atoms with Crippen molar-refractivity contribution >= 4 is 11.9 Å². The molecule has 0 unspecified atom stereocenters. The second-order valence-electron chi connectivity index (χ2n) is 5.33. The summed E-state index contributed by atoms with van der Waals surface area (Å²) in [7, 11) is 0. The average molecular weight is 326 g/mol. The van der Waals surface area contributed by atoms with Gasteiger partial charge in [0.05, 0.1) is 6.61 Å². The van der Waals surface area contributed by atoms with Gasteiger partial charge in [-0.2, -0.15) is 0 Å². The summed E-state index contributed by atoms with van der Waals surface area (Å²) in [4.78, 5) is 23.7.